The molecule has 2 rings (SSSR count). The second-order valence-electron chi connectivity index (χ2n) is 6.62. The van der Waals surface area contributed by atoms with E-state index in [1.807, 2.05) is 30.3 Å². The predicted molar refractivity (Wildman–Crippen MR) is 78.7 cm³/mol. The molecule has 116 valence electrons. The number of carbonyl (C=O) groups excluding carboxylic acids is 1. The van der Waals surface area contributed by atoms with E-state index in [1.165, 1.54) is 0 Å². The highest BCUT2D eigenvalue weighted by atomic mass is 16.6. The Bertz CT molecular complexity index is 485. The minimum absolute atomic E-state index is 0.261. The van der Waals surface area contributed by atoms with E-state index in [2.05, 4.69) is 5.32 Å². The quantitative estimate of drug-likeness (QED) is 0.778. The predicted octanol–water partition coefficient (Wildman–Crippen LogP) is 1.92. The average molecular weight is 293 g/mol. The van der Waals surface area contributed by atoms with Crippen LogP contribution in [-0.2, 0) is 10.3 Å². The minimum Gasteiger partial charge on any atom is -0.444 e. The average Bonchev–Trinajstić information content (AvgIpc) is 2.64. The number of hydrogen-bond acceptors (Lipinski definition) is 4. The van der Waals surface area contributed by atoms with Crippen LogP contribution in [-0.4, -0.2) is 34.1 Å². The van der Waals surface area contributed by atoms with Gasteiger partial charge in [0.25, 0.3) is 0 Å². The molecule has 3 N–H and O–H groups in total. The molecule has 0 heterocycles. The van der Waals surface area contributed by atoms with Crippen LogP contribution in [0.25, 0.3) is 0 Å². The summed E-state index contributed by atoms with van der Waals surface area (Å²) in [5.41, 5.74) is -0.549. The number of amides is 1. The number of hydrogen-bond donors (Lipinski definition) is 3. The highest BCUT2D eigenvalue weighted by Gasteiger charge is 2.47. The van der Waals surface area contributed by atoms with Gasteiger partial charge in [-0.15, -0.1) is 0 Å². The summed E-state index contributed by atoms with van der Waals surface area (Å²) in [6, 6.07) is 9.37. The molecular formula is C16H23NO4. The van der Waals surface area contributed by atoms with E-state index >= 15 is 0 Å². The molecule has 1 aliphatic carbocycles. The Kier molecular flexibility index (Phi) is 4.25. The van der Waals surface area contributed by atoms with Crippen molar-refractivity contribution in [2.75, 3.05) is 0 Å². The molecule has 0 aromatic heterocycles. The Hall–Kier alpha value is -1.59. The van der Waals surface area contributed by atoms with Gasteiger partial charge in [0.05, 0.1) is 17.7 Å². The van der Waals surface area contributed by atoms with E-state index in [9.17, 15) is 15.0 Å². The number of benzene rings is 1. The normalized spacial score (nSPS) is 24.6. The maximum atomic E-state index is 12.1. The zero-order valence-corrected chi connectivity index (χ0v) is 12.7. The first kappa shape index (κ1) is 15.8. The maximum absolute atomic E-state index is 12.1. The Morgan fingerprint density at radius 2 is 1.71 bits per heavy atom. The summed E-state index contributed by atoms with van der Waals surface area (Å²) in [6.45, 7) is 5.38. The van der Waals surface area contributed by atoms with Crippen molar-refractivity contribution in [2.45, 2.75) is 57.0 Å². The van der Waals surface area contributed by atoms with E-state index in [-0.39, 0.29) is 12.8 Å². The molecule has 0 aliphatic heterocycles. The van der Waals surface area contributed by atoms with Gasteiger partial charge in [0.1, 0.15) is 5.60 Å². The van der Waals surface area contributed by atoms with Crippen molar-refractivity contribution in [3.63, 3.8) is 0 Å². The third-order valence-electron chi connectivity index (χ3n) is 3.63. The van der Waals surface area contributed by atoms with Gasteiger partial charge in [-0.3, -0.25) is 0 Å². The number of alkyl carbamates (subject to hydrolysis) is 1. The fraction of sp³-hybridized carbons (Fsp3) is 0.562. The lowest BCUT2D eigenvalue weighted by molar-refractivity contribution is 0.0438. The summed E-state index contributed by atoms with van der Waals surface area (Å²) in [5.74, 6) is 0. The fourth-order valence-electron chi connectivity index (χ4n) is 2.74. The first-order valence-electron chi connectivity index (χ1n) is 7.15. The molecule has 1 saturated carbocycles. The molecule has 1 amide bonds. The Labute approximate surface area is 124 Å². The SMILES string of the molecule is CC(C)(C)OC(=O)NC1(c2ccccc2)C[C@@H](O)[C@H](O)C1. The number of aliphatic hydroxyl groups excluding tert-OH is 2. The van der Waals surface area contributed by atoms with Gasteiger partial charge in [0, 0.05) is 12.8 Å². The molecule has 0 bridgehead atoms. The summed E-state index contributed by atoms with van der Waals surface area (Å²) in [5, 5.41) is 22.6. The van der Waals surface area contributed by atoms with Crippen molar-refractivity contribution in [1.29, 1.82) is 0 Å². The van der Waals surface area contributed by atoms with E-state index in [0.29, 0.717) is 0 Å². The number of rotatable bonds is 2. The lowest BCUT2D eigenvalue weighted by atomic mass is 9.88. The molecule has 1 fully saturated rings. The monoisotopic (exact) mass is 293 g/mol. The first-order chi connectivity index (χ1) is 9.72. The molecule has 0 saturated heterocycles. The molecule has 1 aliphatic rings. The number of carbonyl (C=O) groups is 1. The van der Waals surface area contributed by atoms with Crippen molar-refractivity contribution in [2.24, 2.45) is 0 Å². The van der Waals surface area contributed by atoms with Gasteiger partial charge < -0.3 is 20.3 Å². The van der Waals surface area contributed by atoms with Gasteiger partial charge in [0.2, 0.25) is 0 Å². The van der Waals surface area contributed by atoms with Crippen molar-refractivity contribution in [1.82, 2.24) is 5.32 Å². The molecular weight excluding hydrogens is 270 g/mol. The summed E-state index contributed by atoms with van der Waals surface area (Å²) >= 11 is 0. The van der Waals surface area contributed by atoms with Crippen molar-refractivity contribution in [3.8, 4) is 0 Å². The smallest absolute Gasteiger partial charge is 0.408 e. The fourth-order valence-corrected chi connectivity index (χ4v) is 2.74. The van der Waals surface area contributed by atoms with Crippen molar-refractivity contribution < 1.29 is 19.7 Å². The summed E-state index contributed by atoms with van der Waals surface area (Å²) in [7, 11) is 0. The molecule has 5 nitrogen and oxygen atoms in total. The van der Waals surface area contributed by atoms with Crippen LogP contribution in [0, 0.1) is 0 Å². The van der Waals surface area contributed by atoms with Crippen LogP contribution in [0.3, 0.4) is 0 Å². The van der Waals surface area contributed by atoms with E-state index < -0.39 is 29.4 Å². The van der Waals surface area contributed by atoms with Gasteiger partial charge in [-0.25, -0.2) is 4.79 Å². The number of ether oxygens (including phenoxy) is 1. The van der Waals surface area contributed by atoms with Crippen molar-refractivity contribution >= 4 is 6.09 Å². The van der Waals surface area contributed by atoms with Gasteiger partial charge in [-0.2, -0.15) is 0 Å². The lowest BCUT2D eigenvalue weighted by Gasteiger charge is -2.32. The molecule has 0 unspecified atom stereocenters. The molecule has 2 atom stereocenters. The lowest BCUT2D eigenvalue weighted by Crippen LogP contribution is -2.46. The zero-order chi connectivity index (χ0) is 15.7. The van der Waals surface area contributed by atoms with Gasteiger partial charge in [-0.1, -0.05) is 30.3 Å². The largest absolute Gasteiger partial charge is 0.444 e. The standard InChI is InChI=1S/C16H23NO4/c1-15(2,3)21-14(20)17-16(9-12(18)13(19)10-16)11-7-5-4-6-8-11/h4-8,12-13,18-19H,9-10H2,1-3H3,(H,17,20)/t12-,13-/m1/s1. The number of nitrogens with one attached hydrogen (secondary N) is 1. The highest BCUT2D eigenvalue weighted by Crippen LogP contribution is 2.39. The maximum Gasteiger partial charge on any atom is 0.408 e. The highest BCUT2D eigenvalue weighted by molar-refractivity contribution is 5.69. The van der Waals surface area contributed by atoms with E-state index in [1.54, 1.807) is 20.8 Å². The Balaban J connectivity index is 2.24. The molecule has 1 aromatic rings. The van der Waals surface area contributed by atoms with Gasteiger partial charge in [0.15, 0.2) is 0 Å². The summed E-state index contributed by atoms with van der Waals surface area (Å²) in [6.07, 6.45) is -1.75. The minimum atomic E-state index is -0.861. The zero-order valence-electron chi connectivity index (χ0n) is 12.7. The molecule has 5 heteroatoms. The van der Waals surface area contributed by atoms with Crippen LogP contribution in [0.15, 0.2) is 30.3 Å². The Morgan fingerprint density at radius 1 is 1.19 bits per heavy atom. The third-order valence-corrected chi connectivity index (χ3v) is 3.63. The molecule has 0 spiro atoms. The van der Waals surface area contributed by atoms with E-state index in [4.69, 9.17) is 4.74 Å². The van der Waals surface area contributed by atoms with E-state index in [0.717, 1.165) is 5.56 Å². The molecule has 1 aromatic carbocycles. The molecule has 0 radical (unpaired) electrons. The second-order valence-corrected chi connectivity index (χ2v) is 6.62. The first-order valence-corrected chi connectivity index (χ1v) is 7.15. The van der Waals surface area contributed by atoms with Crippen LogP contribution in [0.5, 0.6) is 0 Å². The van der Waals surface area contributed by atoms with Crippen LogP contribution < -0.4 is 5.32 Å². The summed E-state index contributed by atoms with van der Waals surface area (Å²) in [4.78, 5) is 12.1. The van der Waals surface area contributed by atoms with Crippen LogP contribution in [0.1, 0.15) is 39.2 Å². The third kappa shape index (κ3) is 3.74. The Morgan fingerprint density at radius 3 is 2.19 bits per heavy atom. The molecule has 21 heavy (non-hydrogen) atoms. The summed E-state index contributed by atoms with van der Waals surface area (Å²) < 4.78 is 5.30. The van der Waals surface area contributed by atoms with Crippen LogP contribution >= 0.6 is 0 Å². The second kappa shape index (κ2) is 5.66. The van der Waals surface area contributed by atoms with Crippen LogP contribution in [0.2, 0.25) is 0 Å². The van der Waals surface area contributed by atoms with Crippen LogP contribution in [0.4, 0.5) is 4.79 Å². The van der Waals surface area contributed by atoms with Gasteiger partial charge in [-0.05, 0) is 26.3 Å². The van der Waals surface area contributed by atoms with Gasteiger partial charge >= 0.3 is 6.09 Å². The van der Waals surface area contributed by atoms with Crippen molar-refractivity contribution in [3.05, 3.63) is 35.9 Å². The topological polar surface area (TPSA) is 78.8 Å². The number of aliphatic hydroxyl groups is 2.